The lowest BCUT2D eigenvalue weighted by Gasteiger charge is -2.56. The number of benzene rings is 2. The normalized spacial score (nSPS) is 28.1. The van der Waals surface area contributed by atoms with Crippen molar-refractivity contribution in [3.05, 3.63) is 82.4 Å². The highest BCUT2D eigenvalue weighted by molar-refractivity contribution is 7.14. The van der Waals surface area contributed by atoms with E-state index in [1.54, 1.807) is 25.8 Å². The standard InChI is InChI=1S/C24H20N2O4S/c1-29-22(30-2)24-15-9-5-3-7-13(15)17(14-8-4-6-10-16(14)24)18-19(24)21(28)26(20(18)27)23-25-11-12-31-23/h3-12,17-19,22H,1-2H3/t17?,18-,19+,24?/m0/s1. The van der Waals surface area contributed by atoms with Crippen LogP contribution < -0.4 is 4.90 Å². The molecule has 0 unspecified atom stereocenters. The van der Waals surface area contributed by atoms with Gasteiger partial charge in [-0.25, -0.2) is 9.88 Å². The van der Waals surface area contributed by atoms with Gasteiger partial charge < -0.3 is 9.47 Å². The molecule has 0 spiro atoms. The van der Waals surface area contributed by atoms with Crippen molar-refractivity contribution in [3.63, 3.8) is 0 Å². The van der Waals surface area contributed by atoms with Crippen LogP contribution in [0, 0.1) is 11.8 Å². The number of nitrogens with zero attached hydrogens (tertiary/aromatic N) is 2. The monoisotopic (exact) mass is 432 g/mol. The third kappa shape index (κ3) is 2.11. The van der Waals surface area contributed by atoms with Gasteiger partial charge in [-0.3, -0.25) is 9.59 Å². The maximum Gasteiger partial charge on any atom is 0.241 e. The third-order valence-corrected chi connectivity index (χ3v) is 7.85. The van der Waals surface area contributed by atoms with E-state index in [4.69, 9.17) is 9.47 Å². The van der Waals surface area contributed by atoms with E-state index in [1.807, 2.05) is 36.4 Å². The smallest absolute Gasteiger partial charge is 0.241 e. The minimum Gasteiger partial charge on any atom is -0.355 e. The zero-order valence-electron chi connectivity index (χ0n) is 17.0. The van der Waals surface area contributed by atoms with Crippen LogP contribution in [-0.2, 0) is 24.5 Å². The van der Waals surface area contributed by atoms with Crippen LogP contribution in [0.2, 0.25) is 0 Å². The molecule has 7 heteroatoms. The second-order valence-corrected chi connectivity index (χ2v) is 9.03. The van der Waals surface area contributed by atoms with Crippen molar-refractivity contribution < 1.29 is 19.1 Å². The number of aromatic nitrogens is 1. The predicted molar refractivity (Wildman–Crippen MR) is 115 cm³/mol. The first kappa shape index (κ1) is 18.9. The van der Waals surface area contributed by atoms with E-state index in [2.05, 4.69) is 17.1 Å². The van der Waals surface area contributed by atoms with Gasteiger partial charge in [0.15, 0.2) is 11.4 Å². The summed E-state index contributed by atoms with van der Waals surface area (Å²) in [4.78, 5) is 33.3. The van der Waals surface area contributed by atoms with Gasteiger partial charge in [0.2, 0.25) is 11.8 Å². The van der Waals surface area contributed by atoms with Crippen molar-refractivity contribution in [2.75, 3.05) is 19.1 Å². The van der Waals surface area contributed by atoms with Gasteiger partial charge in [-0.1, -0.05) is 48.5 Å². The molecule has 31 heavy (non-hydrogen) atoms. The van der Waals surface area contributed by atoms with Gasteiger partial charge in [-0.2, -0.15) is 0 Å². The molecule has 2 heterocycles. The first-order valence-electron chi connectivity index (χ1n) is 10.2. The number of hydrogen-bond acceptors (Lipinski definition) is 6. The zero-order chi connectivity index (χ0) is 21.3. The van der Waals surface area contributed by atoms with Gasteiger partial charge in [0, 0.05) is 31.7 Å². The number of imide groups is 1. The average molecular weight is 433 g/mol. The summed E-state index contributed by atoms with van der Waals surface area (Å²) in [7, 11) is 3.17. The van der Waals surface area contributed by atoms with Gasteiger partial charge in [-0.05, 0) is 22.3 Å². The summed E-state index contributed by atoms with van der Waals surface area (Å²) in [5, 5.41) is 2.19. The number of thiazole rings is 1. The molecule has 0 radical (unpaired) electrons. The predicted octanol–water partition coefficient (Wildman–Crippen LogP) is 3.31. The fourth-order valence-corrected chi connectivity index (χ4v) is 6.86. The molecule has 0 saturated carbocycles. The number of hydrogen-bond donors (Lipinski definition) is 0. The molecule has 3 aromatic rings. The topological polar surface area (TPSA) is 68.7 Å². The Bertz CT molecular complexity index is 1160. The van der Waals surface area contributed by atoms with E-state index in [0.717, 1.165) is 22.3 Å². The van der Waals surface area contributed by atoms with Crippen LogP contribution in [0.3, 0.4) is 0 Å². The van der Waals surface area contributed by atoms with E-state index in [0.29, 0.717) is 5.13 Å². The minimum absolute atomic E-state index is 0.199. The first-order valence-corrected chi connectivity index (χ1v) is 11.1. The van der Waals surface area contributed by atoms with Crippen LogP contribution >= 0.6 is 11.3 Å². The van der Waals surface area contributed by atoms with Crippen LogP contribution in [0.4, 0.5) is 5.13 Å². The van der Waals surface area contributed by atoms with Crippen molar-refractivity contribution in [1.82, 2.24) is 4.98 Å². The third-order valence-electron chi connectivity index (χ3n) is 7.09. The van der Waals surface area contributed by atoms with Crippen molar-refractivity contribution >= 4 is 28.3 Å². The molecule has 2 amide bonds. The number of carbonyl (C=O) groups is 2. The van der Waals surface area contributed by atoms with E-state index < -0.39 is 23.5 Å². The van der Waals surface area contributed by atoms with Crippen LogP contribution in [-0.4, -0.2) is 37.3 Å². The molecular weight excluding hydrogens is 412 g/mol. The summed E-state index contributed by atoms with van der Waals surface area (Å²) in [6.07, 6.45) is 0.875. The number of rotatable bonds is 4. The van der Waals surface area contributed by atoms with E-state index in [-0.39, 0.29) is 17.7 Å². The largest absolute Gasteiger partial charge is 0.355 e. The fraction of sp³-hybridized carbons (Fsp3) is 0.292. The molecule has 2 atom stereocenters. The summed E-state index contributed by atoms with van der Waals surface area (Å²) in [6, 6.07) is 16.1. The van der Waals surface area contributed by atoms with Crippen LogP contribution in [0.1, 0.15) is 28.2 Å². The van der Waals surface area contributed by atoms with Crippen LogP contribution in [0.25, 0.3) is 0 Å². The van der Waals surface area contributed by atoms with Crippen molar-refractivity contribution in [1.29, 1.82) is 0 Å². The molecule has 0 N–H and O–H groups in total. The molecule has 6 nitrogen and oxygen atoms in total. The van der Waals surface area contributed by atoms with Gasteiger partial charge in [-0.15, -0.1) is 11.3 Å². The Kier molecular flexibility index (Phi) is 3.99. The zero-order valence-corrected chi connectivity index (χ0v) is 17.8. The maximum atomic E-state index is 14.0. The van der Waals surface area contributed by atoms with Crippen LogP contribution in [0.15, 0.2) is 60.1 Å². The number of amides is 2. The minimum atomic E-state index is -0.936. The molecule has 3 aliphatic carbocycles. The van der Waals surface area contributed by atoms with Gasteiger partial charge >= 0.3 is 0 Å². The lowest BCUT2D eigenvalue weighted by atomic mass is 9.47. The summed E-state index contributed by atoms with van der Waals surface area (Å²) in [5.41, 5.74) is 3.17. The highest BCUT2D eigenvalue weighted by atomic mass is 32.1. The summed E-state index contributed by atoms with van der Waals surface area (Å²) in [5.74, 6) is -1.81. The average Bonchev–Trinajstić information content (AvgIpc) is 3.42. The van der Waals surface area contributed by atoms with Gasteiger partial charge in [0.05, 0.1) is 17.3 Å². The number of carbonyl (C=O) groups excluding carboxylic acids is 2. The second kappa shape index (κ2) is 6.56. The number of anilines is 1. The maximum absolute atomic E-state index is 14.0. The Morgan fingerprint density at radius 2 is 1.58 bits per heavy atom. The van der Waals surface area contributed by atoms with Crippen molar-refractivity contribution in [2.24, 2.45) is 11.8 Å². The second-order valence-electron chi connectivity index (χ2n) is 8.15. The molecule has 4 aliphatic rings. The lowest BCUT2D eigenvalue weighted by molar-refractivity contribution is -0.168. The molecule has 156 valence electrons. The Morgan fingerprint density at radius 3 is 2.13 bits per heavy atom. The Labute approximate surface area is 183 Å². The molecule has 1 aliphatic heterocycles. The Balaban J connectivity index is 1.71. The van der Waals surface area contributed by atoms with Crippen molar-refractivity contribution in [3.8, 4) is 0 Å². The number of methoxy groups -OCH3 is 2. The summed E-state index contributed by atoms with van der Waals surface area (Å²) >= 11 is 1.29. The molecule has 1 saturated heterocycles. The molecule has 1 fully saturated rings. The summed E-state index contributed by atoms with van der Waals surface area (Å²) in [6.45, 7) is 0. The highest BCUT2D eigenvalue weighted by Gasteiger charge is 2.71. The van der Waals surface area contributed by atoms with E-state index in [9.17, 15) is 9.59 Å². The van der Waals surface area contributed by atoms with E-state index in [1.165, 1.54) is 16.2 Å². The quantitative estimate of drug-likeness (QED) is 0.467. The molecule has 2 bridgehead atoms. The highest BCUT2D eigenvalue weighted by Crippen LogP contribution is 2.65. The molecule has 1 aromatic heterocycles. The lowest BCUT2D eigenvalue weighted by Crippen LogP contribution is -2.60. The van der Waals surface area contributed by atoms with Crippen LogP contribution in [0.5, 0.6) is 0 Å². The SMILES string of the molecule is COC(OC)C12c3ccccc3C(c3ccccc31)[C@@H]1C(=O)N(c3nccs3)C(=O)[C@@H]12. The van der Waals surface area contributed by atoms with E-state index >= 15 is 0 Å². The Hall–Kier alpha value is -2.87. The van der Waals surface area contributed by atoms with Gasteiger partial charge in [0.25, 0.3) is 0 Å². The number of ether oxygens (including phenoxy) is 2. The van der Waals surface area contributed by atoms with Gasteiger partial charge in [0.1, 0.15) is 0 Å². The molecule has 7 rings (SSSR count). The Morgan fingerprint density at radius 1 is 0.968 bits per heavy atom. The molecule has 2 aromatic carbocycles. The fourth-order valence-electron chi connectivity index (χ4n) is 6.21. The first-order chi connectivity index (χ1) is 15.2. The molecular formula is C24H20N2O4S. The van der Waals surface area contributed by atoms with Crippen molar-refractivity contribution in [2.45, 2.75) is 17.6 Å². The summed E-state index contributed by atoms with van der Waals surface area (Å²) < 4.78 is 11.7.